The van der Waals surface area contributed by atoms with Crippen LogP contribution in [0, 0.1) is 0 Å². The smallest absolute Gasteiger partial charge is 0.359 e. The maximum absolute atomic E-state index is 12.5. The predicted molar refractivity (Wildman–Crippen MR) is 112 cm³/mol. The Hall–Kier alpha value is -2.06. The second-order valence-corrected chi connectivity index (χ2v) is 10.2. The van der Waals surface area contributed by atoms with Crippen molar-refractivity contribution in [2.75, 3.05) is 5.73 Å². The zero-order chi connectivity index (χ0) is 24.0. The monoisotopic (exact) mass is 477 g/mol. The van der Waals surface area contributed by atoms with E-state index in [-0.39, 0.29) is 36.4 Å². The van der Waals surface area contributed by atoms with E-state index >= 15 is 0 Å². The first kappa shape index (κ1) is 24.6. The van der Waals surface area contributed by atoms with Gasteiger partial charge in [0.25, 0.3) is 5.56 Å². The van der Waals surface area contributed by atoms with Gasteiger partial charge in [-0.2, -0.15) is 4.98 Å². The molecule has 7 atom stereocenters. The van der Waals surface area contributed by atoms with Crippen LogP contribution in [0.1, 0.15) is 46.3 Å². The fourth-order valence-corrected chi connectivity index (χ4v) is 4.73. The maximum atomic E-state index is 12.5. The van der Waals surface area contributed by atoms with Gasteiger partial charge in [-0.3, -0.25) is 19.3 Å². The number of rotatable bonds is 8. The number of nitrogens with two attached hydrogens (primary N) is 1. The van der Waals surface area contributed by atoms with E-state index in [9.17, 15) is 34.4 Å². The minimum Gasteiger partial charge on any atom is -0.388 e. The number of aliphatic hydroxyl groups is 3. The molecule has 2 aromatic heterocycles. The third kappa shape index (κ3) is 4.27. The van der Waals surface area contributed by atoms with Gasteiger partial charge in [-0.05, 0) is 19.8 Å². The molecule has 0 spiro atoms. The molecule has 1 aliphatic rings. The Kier molecular flexibility index (Phi) is 6.69. The number of ether oxygens (including phenoxy) is 1. The molecule has 0 aromatic carbocycles. The minimum atomic E-state index is -4.44. The lowest BCUT2D eigenvalue weighted by Gasteiger charge is -2.31. The number of aromatic amines is 2. The molecule has 0 saturated carbocycles. The summed E-state index contributed by atoms with van der Waals surface area (Å²) >= 11 is 0. The lowest BCUT2D eigenvalue weighted by atomic mass is 10.0. The number of anilines is 1. The third-order valence-corrected chi connectivity index (χ3v) is 7.83. The van der Waals surface area contributed by atoms with Crippen LogP contribution in [-0.2, 0) is 13.8 Å². The molecule has 180 valence electrons. The van der Waals surface area contributed by atoms with Gasteiger partial charge in [-0.25, -0.2) is 9.36 Å². The van der Waals surface area contributed by atoms with Gasteiger partial charge in [-0.15, -0.1) is 0 Å². The summed E-state index contributed by atoms with van der Waals surface area (Å²) in [5, 5.41) is 29.2. The lowest BCUT2D eigenvalue weighted by Crippen LogP contribution is -2.35. The largest absolute Gasteiger partial charge is 0.388 e. The van der Waals surface area contributed by atoms with Crippen molar-refractivity contribution in [1.82, 2.24) is 19.5 Å². The molecule has 1 fully saturated rings. The molecule has 3 rings (SSSR count). The molecule has 1 aliphatic heterocycles. The van der Waals surface area contributed by atoms with Crippen molar-refractivity contribution in [2.45, 2.75) is 76.0 Å². The van der Waals surface area contributed by atoms with E-state index in [4.69, 9.17) is 15.0 Å². The Bertz CT molecular complexity index is 1140. The summed E-state index contributed by atoms with van der Waals surface area (Å²) in [7, 11) is -4.44. The number of nitrogens with zero attached hydrogens (tertiary/aromatic N) is 2. The summed E-state index contributed by atoms with van der Waals surface area (Å²) in [6, 6.07) is 0. The number of H-pyrrole nitrogens is 2. The van der Waals surface area contributed by atoms with E-state index in [1.54, 1.807) is 6.92 Å². The number of aromatic nitrogens is 4. The van der Waals surface area contributed by atoms with E-state index in [0.717, 1.165) is 4.57 Å². The highest BCUT2D eigenvalue weighted by Crippen LogP contribution is 2.57. The Morgan fingerprint density at radius 3 is 2.56 bits per heavy atom. The highest BCUT2D eigenvalue weighted by Gasteiger charge is 2.48. The molecule has 1 saturated heterocycles. The van der Waals surface area contributed by atoms with Crippen LogP contribution >= 0.6 is 7.60 Å². The van der Waals surface area contributed by atoms with Crippen molar-refractivity contribution in [3.8, 4) is 0 Å². The van der Waals surface area contributed by atoms with Crippen molar-refractivity contribution in [3.05, 3.63) is 20.8 Å². The second-order valence-electron chi connectivity index (χ2n) is 7.96. The van der Waals surface area contributed by atoms with Gasteiger partial charge in [0.05, 0.1) is 12.2 Å². The first-order valence-corrected chi connectivity index (χ1v) is 11.7. The number of hydrogen-bond acceptors (Lipinski definition) is 10. The topological polar surface area (TPSA) is 226 Å². The average Bonchev–Trinajstić information content (AvgIpc) is 3.17. The Morgan fingerprint density at radius 2 is 1.97 bits per heavy atom. The fourth-order valence-electron chi connectivity index (χ4n) is 3.46. The molecule has 2 aromatic rings. The summed E-state index contributed by atoms with van der Waals surface area (Å²) in [6.07, 6.45) is -6.41. The number of aliphatic hydroxyl groups excluding tert-OH is 2. The van der Waals surface area contributed by atoms with Gasteiger partial charge >= 0.3 is 13.3 Å². The van der Waals surface area contributed by atoms with Gasteiger partial charge in [0, 0.05) is 6.42 Å². The molecule has 8 N–H and O–H groups in total. The van der Waals surface area contributed by atoms with Gasteiger partial charge in [0.15, 0.2) is 22.7 Å². The number of imidazole rings is 1. The number of hydrogen-bond donors (Lipinski definition) is 7. The lowest BCUT2D eigenvalue weighted by molar-refractivity contribution is -0.0503. The van der Waals surface area contributed by atoms with Gasteiger partial charge in [0.2, 0.25) is 5.95 Å². The molecule has 14 nitrogen and oxygen atoms in total. The average molecular weight is 477 g/mol. The van der Waals surface area contributed by atoms with Gasteiger partial charge in [0.1, 0.15) is 12.2 Å². The van der Waals surface area contributed by atoms with E-state index in [1.165, 1.54) is 13.8 Å². The summed E-state index contributed by atoms with van der Waals surface area (Å²) in [4.78, 5) is 43.1. The van der Waals surface area contributed by atoms with Crippen LogP contribution in [0.4, 0.5) is 5.95 Å². The highest BCUT2D eigenvalue weighted by molar-refractivity contribution is 7.54. The maximum Gasteiger partial charge on any atom is 0.359 e. The Labute approximate surface area is 181 Å². The Balaban J connectivity index is 1.87. The van der Waals surface area contributed by atoms with Crippen molar-refractivity contribution in [1.29, 1.82) is 0 Å². The van der Waals surface area contributed by atoms with Crippen molar-refractivity contribution >= 4 is 24.7 Å². The third-order valence-electron chi connectivity index (χ3n) is 5.71. The molecule has 0 radical (unpaired) electrons. The van der Waals surface area contributed by atoms with Crippen LogP contribution in [-0.4, -0.2) is 69.5 Å². The summed E-state index contributed by atoms with van der Waals surface area (Å²) in [5.74, 6) is -0.263. The molecular weight excluding hydrogens is 449 g/mol. The van der Waals surface area contributed by atoms with Gasteiger partial charge < -0.3 is 35.2 Å². The summed E-state index contributed by atoms with van der Waals surface area (Å²) < 4.78 is 24.3. The Morgan fingerprint density at radius 1 is 1.31 bits per heavy atom. The number of nitrogen functional groups attached to an aromatic ring is 1. The first-order chi connectivity index (χ1) is 14.8. The van der Waals surface area contributed by atoms with Crippen molar-refractivity contribution in [2.24, 2.45) is 0 Å². The van der Waals surface area contributed by atoms with E-state index in [0.29, 0.717) is 0 Å². The molecule has 3 heterocycles. The summed E-state index contributed by atoms with van der Waals surface area (Å²) in [5.41, 5.74) is 3.67. The van der Waals surface area contributed by atoms with Crippen molar-refractivity contribution in [3.63, 3.8) is 0 Å². The highest BCUT2D eigenvalue weighted by atomic mass is 31.2. The van der Waals surface area contributed by atoms with Crippen molar-refractivity contribution < 1.29 is 34.0 Å². The van der Waals surface area contributed by atoms with E-state index in [2.05, 4.69) is 15.0 Å². The number of fused-ring (bicyclic) bond motifs is 1. The fraction of sp³-hybridized carbons (Fsp3) is 0.706. The van der Waals surface area contributed by atoms with Gasteiger partial charge in [-0.1, -0.05) is 13.8 Å². The van der Waals surface area contributed by atoms with E-state index in [1.807, 2.05) is 0 Å². The number of nitrogens with one attached hydrogen (secondary N) is 2. The van der Waals surface area contributed by atoms with E-state index < -0.39 is 54.8 Å². The molecule has 0 aliphatic carbocycles. The second kappa shape index (κ2) is 8.71. The predicted octanol–water partition coefficient (Wildman–Crippen LogP) is -0.896. The molecule has 3 unspecified atom stereocenters. The van der Waals surface area contributed by atoms with Crippen LogP contribution in [0.3, 0.4) is 0 Å². The molecule has 15 heteroatoms. The van der Waals surface area contributed by atoms with Crippen LogP contribution in [0.2, 0.25) is 0 Å². The molecular formula is C17H28N5O9P. The standard InChI is InChI=1S/C17H28N5O9P/c1-4-7(31-32(28,29)17(3,27)5-2)6-8-10(23)11(24)14(30-8)22-12-9(19-16(22)26)13(25)21-15(18)20-12/h7-8,10-11,14,23-24,27H,4-6H2,1-3H3,(H,19,26)(H,28,29)(H3,18,20,21,25)/t7?,8-,10-,11-,14-,17?/m1/s1. The SMILES string of the molecule is CCC(C[C@H]1O[C@@H](n2c(=O)[nH]c3c(=O)[nH]c(N)nc32)[C@H](O)[C@@H]1O)OP(=O)(O)C(C)(O)CC. The van der Waals surface area contributed by atoms with Crippen LogP contribution < -0.4 is 17.0 Å². The van der Waals surface area contributed by atoms with Crippen LogP contribution in [0.15, 0.2) is 9.59 Å². The molecule has 0 bridgehead atoms. The molecule has 32 heavy (non-hydrogen) atoms. The van der Waals surface area contributed by atoms with Crippen LogP contribution in [0.25, 0.3) is 11.2 Å². The minimum absolute atomic E-state index is 0.0285. The quantitative estimate of drug-likeness (QED) is 0.231. The normalized spacial score (nSPS) is 28.5. The zero-order valence-corrected chi connectivity index (χ0v) is 18.7. The van der Waals surface area contributed by atoms with Crippen LogP contribution in [0.5, 0.6) is 0 Å². The first-order valence-electron chi connectivity index (χ1n) is 10.1. The zero-order valence-electron chi connectivity index (χ0n) is 17.8. The molecule has 0 amide bonds. The summed E-state index contributed by atoms with van der Waals surface area (Å²) in [6.45, 7) is 4.39.